The Bertz CT molecular complexity index is 479. The van der Waals surface area contributed by atoms with Gasteiger partial charge in [-0.2, -0.15) is 0 Å². The summed E-state index contributed by atoms with van der Waals surface area (Å²) in [5.41, 5.74) is 1.61. The predicted octanol–water partition coefficient (Wildman–Crippen LogP) is 1.98. The Kier molecular flexibility index (Phi) is 5.78. The average Bonchev–Trinajstić information content (AvgIpc) is 2.34. The summed E-state index contributed by atoms with van der Waals surface area (Å²) in [4.78, 5) is 22.3. The number of benzene rings is 1. The fraction of sp³-hybridized carbons (Fsp3) is 0.333. The van der Waals surface area contributed by atoms with Gasteiger partial charge in [-0.25, -0.2) is 9.59 Å². The van der Waals surface area contributed by atoms with Gasteiger partial charge in [0.1, 0.15) is 0 Å². The lowest BCUT2D eigenvalue weighted by Crippen LogP contribution is -2.39. The van der Waals surface area contributed by atoms with Crippen molar-refractivity contribution >= 4 is 33.6 Å². The van der Waals surface area contributed by atoms with E-state index >= 15 is 0 Å². The number of anilines is 1. The summed E-state index contributed by atoms with van der Waals surface area (Å²) in [6.45, 7) is 1.79. The van der Waals surface area contributed by atoms with E-state index in [2.05, 4.69) is 26.6 Å². The molecule has 1 unspecified atom stereocenters. The van der Waals surface area contributed by atoms with E-state index in [1.165, 1.54) is 7.11 Å². The zero-order valence-corrected chi connectivity index (χ0v) is 12.2. The molecule has 1 atom stereocenters. The molecule has 19 heavy (non-hydrogen) atoms. The van der Waals surface area contributed by atoms with Gasteiger partial charge in [-0.05, 0) is 40.5 Å². The predicted molar refractivity (Wildman–Crippen MR) is 74.3 cm³/mol. The Labute approximate surface area is 119 Å². The number of carboxylic acid groups (broad SMARTS) is 1. The molecule has 0 radical (unpaired) electrons. The number of aryl methyl sites for hydroxylation is 1. The van der Waals surface area contributed by atoms with E-state index < -0.39 is 18.1 Å². The third kappa shape index (κ3) is 4.88. The summed E-state index contributed by atoms with van der Waals surface area (Å²) in [6.07, 6.45) is -1.06. The van der Waals surface area contributed by atoms with Crippen LogP contribution in [0.25, 0.3) is 0 Å². The lowest BCUT2D eigenvalue weighted by molar-refractivity contribution is -0.147. The molecule has 0 fully saturated rings. The minimum absolute atomic E-state index is 0.110. The average molecular weight is 331 g/mol. The Balaban J connectivity index is 2.56. The second-order valence-corrected chi connectivity index (χ2v) is 4.74. The van der Waals surface area contributed by atoms with Crippen LogP contribution in [0, 0.1) is 6.92 Å². The molecule has 6 nitrogen and oxygen atoms in total. The number of hydrogen-bond donors (Lipinski definition) is 3. The molecule has 1 rings (SSSR count). The van der Waals surface area contributed by atoms with Crippen LogP contribution in [-0.4, -0.2) is 36.9 Å². The molecule has 0 saturated carbocycles. The van der Waals surface area contributed by atoms with Crippen molar-refractivity contribution in [1.82, 2.24) is 5.32 Å². The Morgan fingerprint density at radius 3 is 2.74 bits per heavy atom. The van der Waals surface area contributed by atoms with Crippen molar-refractivity contribution in [3.8, 4) is 0 Å². The smallest absolute Gasteiger partial charge is 0.334 e. The molecule has 0 aliphatic carbocycles. The van der Waals surface area contributed by atoms with E-state index in [1.54, 1.807) is 6.07 Å². The Morgan fingerprint density at radius 2 is 2.16 bits per heavy atom. The van der Waals surface area contributed by atoms with Crippen LogP contribution in [0.15, 0.2) is 22.7 Å². The molecular formula is C12H15BrN2O4. The number of halogens is 1. The highest BCUT2D eigenvalue weighted by atomic mass is 79.9. The lowest BCUT2D eigenvalue weighted by atomic mass is 10.2. The number of amides is 2. The molecule has 0 aliphatic rings. The first-order valence-corrected chi connectivity index (χ1v) is 6.30. The number of ether oxygens (including phenoxy) is 1. The van der Waals surface area contributed by atoms with Crippen molar-refractivity contribution in [3.63, 3.8) is 0 Å². The number of methoxy groups -OCH3 is 1. The van der Waals surface area contributed by atoms with E-state index in [4.69, 9.17) is 9.84 Å². The molecule has 1 aromatic carbocycles. The van der Waals surface area contributed by atoms with Crippen LogP contribution in [0.2, 0.25) is 0 Å². The molecule has 2 amide bonds. The van der Waals surface area contributed by atoms with Crippen LogP contribution in [0.5, 0.6) is 0 Å². The second-order valence-electron chi connectivity index (χ2n) is 3.88. The van der Waals surface area contributed by atoms with Gasteiger partial charge in [0, 0.05) is 11.6 Å². The summed E-state index contributed by atoms with van der Waals surface area (Å²) >= 11 is 3.31. The van der Waals surface area contributed by atoms with Gasteiger partial charge in [0.05, 0.1) is 12.2 Å². The van der Waals surface area contributed by atoms with Crippen molar-refractivity contribution in [2.24, 2.45) is 0 Å². The number of carbonyl (C=O) groups excluding carboxylic acids is 1. The first-order chi connectivity index (χ1) is 8.93. The van der Waals surface area contributed by atoms with Gasteiger partial charge in [0.25, 0.3) is 0 Å². The number of urea groups is 1. The van der Waals surface area contributed by atoms with Crippen LogP contribution in [0.4, 0.5) is 10.5 Å². The van der Waals surface area contributed by atoms with Crippen molar-refractivity contribution in [1.29, 1.82) is 0 Å². The van der Waals surface area contributed by atoms with Gasteiger partial charge in [0.2, 0.25) is 0 Å². The third-order valence-corrected chi connectivity index (χ3v) is 3.07. The number of rotatable bonds is 5. The first kappa shape index (κ1) is 15.5. The van der Waals surface area contributed by atoms with Crippen molar-refractivity contribution in [2.45, 2.75) is 13.0 Å². The highest BCUT2D eigenvalue weighted by Crippen LogP contribution is 2.23. The Morgan fingerprint density at radius 1 is 1.47 bits per heavy atom. The molecule has 7 heteroatoms. The van der Waals surface area contributed by atoms with E-state index in [9.17, 15) is 9.59 Å². The monoisotopic (exact) mass is 330 g/mol. The van der Waals surface area contributed by atoms with E-state index in [0.717, 1.165) is 10.0 Å². The molecule has 1 aromatic rings. The topological polar surface area (TPSA) is 87.7 Å². The quantitative estimate of drug-likeness (QED) is 0.770. The largest absolute Gasteiger partial charge is 0.479 e. The maximum Gasteiger partial charge on any atom is 0.334 e. The molecule has 0 heterocycles. The zero-order chi connectivity index (χ0) is 14.4. The minimum atomic E-state index is -1.13. The summed E-state index contributed by atoms with van der Waals surface area (Å²) < 4.78 is 5.45. The normalized spacial score (nSPS) is 11.7. The van der Waals surface area contributed by atoms with Crippen molar-refractivity contribution in [2.75, 3.05) is 19.0 Å². The van der Waals surface area contributed by atoms with E-state index in [-0.39, 0.29) is 6.54 Å². The van der Waals surface area contributed by atoms with E-state index in [0.29, 0.717) is 5.69 Å². The second kappa shape index (κ2) is 7.10. The molecule has 104 valence electrons. The summed E-state index contributed by atoms with van der Waals surface area (Å²) in [5.74, 6) is -1.13. The van der Waals surface area contributed by atoms with Gasteiger partial charge in [0.15, 0.2) is 6.10 Å². The number of carboxylic acids is 1. The van der Waals surface area contributed by atoms with Gasteiger partial charge < -0.3 is 20.5 Å². The summed E-state index contributed by atoms with van der Waals surface area (Å²) in [5, 5.41) is 13.8. The molecule has 0 aliphatic heterocycles. The standard InChI is InChI=1S/C12H15BrN2O4/c1-7-3-4-8(13)9(5-7)15-12(18)14-6-10(19-2)11(16)17/h3-5,10H,6H2,1-2H3,(H,16,17)(H2,14,15,18). The van der Waals surface area contributed by atoms with Crippen LogP contribution < -0.4 is 10.6 Å². The van der Waals surface area contributed by atoms with Gasteiger partial charge >= 0.3 is 12.0 Å². The third-order valence-electron chi connectivity index (χ3n) is 2.38. The number of carbonyl (C=O) groups is 2. The molecule has 0 saturated heterocycles. The lowest BCUT2D eigenvalue weighted by Gasteiger charge is -2.13. The van der Waals surface area contributed by atoms with Gasteiger partial charge in [-0.3, -0.25) is 0 Å². The zero-order valence-electron chi connectivity index (χ0n) is 10.6. The highest BCUT2D eigenvalue weighted by Gasteiger charge is 2.17. The maximum absolute atomic E-state index is 11.6. The number of hydrogen-bond acceptors (Lipinski definition) is 3. The maximum atomic E-state index is 11.6. The van der Waals surface area contributed by atoms with Gasteiger partial charge in [-0.15, -0.1) is 0 Å². The first-order valence-electron chi connectivity index (χ1n) is 5.50. The summed E-state index contributed by atoms with van der Waals surface area (Å²) in [6, 6.07) is 5.03. The number of nitrogens with one attached hydrogen (secondary N) is 2. The minimum Gasteiger partial charge on any atom is -0.479 e. The molecule has 0 bridgehead atoms. The molecule has 0 spiro atoms. The highest BCUT2D eigenvalue weighted by molar-refractivity contribution is 9.10. The molecular weight excluding hydrogens is 316 g/mol. The van der Waals surface area contributed by atoms with E-state index in [1.807, 2.05) is 19.1 Å². The molecule has 0 aromatic heterocycles. The Hall–Kier alpha value is -1.60. The van der Waals surface area contributed by atoms with Crippen LogP contribution >= 0.6 is 15.9 Å². The fourth-order valence-electron chi connectivity index (χ4n) is 1.36. The van der Waals surface area contributed by atoms with Crippen LogP contribution in [-0.2, 0) is 9.53 Å². The SMILES string of the molecule is COC(CNC(=O)Nc1cc(C)ccc1Br)C(=O)O. The summed E-state index contributed by atoms with van der Waals surface area (Å²) in [7, 11) is 1.27. The van der Waals surface area contributed by atoms with Crippen molar-refractivity contribution < 1.29 is 19.4 Å². The van der Waals surface area contributed by atoms with Crippen LogP contribution in [0.3, 0.4) is 0 Å². The van der Waals surface area contributed by atoms with Crippen LogP contribution in [0.1, 0.15) is 5.56 Å². The van der Waals surface area contributed by atoms with Crippen molar-refractivity contribution in [3.05, 3.63) is 28.2 Å². The van der Waals surface area contributed by atoms with Gasteiger partial charge in [-0.1, -0.05) is 6.07 Å². The molecule has 3 N–H and O–H groups in total. The number of aliphatic carboxylic acids is 1. The fourth-order valence-corrected chi connectivity index (χ4v) is 1.70.